The van der Waals surface area contributed by atoms with Crippen molar-refractivity contribution in [1.82, 2.24) is 10.6 Å². The van der Waals surface area contributed by atoms with E-state index in [0.29, 0.717) is 0 Å². The Bertz CT molecular complexity index is 753. The zero-order valence-corrected chi connectivity index (χ0v) is 17.3. The molecule has 0 fully saturated rings. The summed E-state index contributed by atoms with van der Waals surface area (Å²) in [6.07, 6.45) is -0.357. The first-order valence-electron chi connectivity index (χ1n) is 9.95. The molecule has 0 bridgehead atoms. The van der Waals surface area contributed by atoms with Gasteiger partial charge in [-0.2, -0.15) is 0 Å². The van der Waals surface area contributed by atoms with Crippen LogP contribution < -0.4 is 10.6 Å². The lowest BCUT2D eigenvalue weighted by atomic mass is 10.1. The van der Waals surface area contributed by atoms with E-state index in [9.17, 15) is 14.4 Å². The molecular formula is C23H28N2O5. The van der Waals surface area contributed by atoms with Crippen molar-refractivity contribution < 1.29 is 23.9 Å². The van der Waals surface area contributed by atoms with Crippen LogP contribution in [0.15, 0.2) is 60.7 Å². The van der Waals surface area contributed by atoms with Gasteiger partial charge >= 0.3 is 12.1 Å². The van der Waals surface area contributed by atoms with Crippen LogP contribution >= 0.6 is 0 Å². The quantitative estimate of drug-likeness (QED) is 0.584. The maximum atomic E-state index is 12.5. The largest absolute Gasteiger partial charge is 0.461 e. The Kier molecular flexibility index (Phi) is 9.37. The molecule has 0 saturated carbocycles. The molecule has 0 radical (unpaired) electrons. The maximum Gasteiger partial charge on any atom is 0.408 e. The van der Waals surface area contributed by atoms with E-state index in [1.807, 2.05) is 74.5 Å². The van der Waals surface area contributed by atoms with Crippen molar-refractivity contribution in [3.63, 3.8) is 0 Å². The molecule has 2 aromatic rings. The van der Waals surface area contributed by atoms with Gasteiger partial charge < -0.3 is 20.1 Å². The van der Waals surface area contributed by atoms with Crippen LogP contribution in [0.2, 0.25) is 0 Å². The lowest BCUT2D eigenvalue weighted by molar-refractivity contribution is -0.147. The molecule has 2 atom stereocenters. The Morgan fingerprint density at radius 2 is 1.37 bits per heavy atom. The molecule has 2 N–H and O–H groups in total. The highest BCUT2D eigenvalue weighted by atomic mass is 16.5. The van der Waals surface area contributed by atoms with Gasteiger partial charge in [0.1, 0.15) is 19.3 Å². The van der Waals surface area contributed by atoms with Crippen molar-refractivity contribution in [2.75, 3.05) is 0 Å². The highest BCUT2D eigenvalue weighted by molar-refractivity contribution is 5.89. The molecule has 7 nitrogen and oxygen atoms in total. The highest BCUT2D eigenvalue weighted by Crippen LogP contribution is 2.05. The summed E-state index contributed by atoms with van der Waals surface area (Å²) in [7, 11) is 0. The minimum Gasteiger partial charge on any atom is -0.461 e. The molecule has 30 heavy (non-hydrogen) atoms. The van der Waals surface area contributed by atoms with Crippen molar-refractivity contribution in [2.45, 2.75) is 52.0 Å². The fraction of sp³-hybridized carbons (Fsp3) is 0.348. The number of hydrogen-bond acceptors (Lipinski definition) is 5. The Morgan fingerprint density at radius 1 is 0.833 bits per heavy atom. The Morgan fingerprint density at radius 3 is 1.90 bits per heavy atom. The second-order valence-electron chi connectivity index (χ2n) is 6.93. The zero-order valence-electron chi connectivity index (χ0n) is 17.3. The van der Waals surface area contributed by atoms with E-state index in [1.165, 1.54) is 0 Å². The van der Waals surface area contributed by atoms with E-state index in [2.05, 4.69) is 10.6 Å². The van der Waals surface area contributed by atoms with Gasteiger partial charge in [0.25, 0.3) is 0 Å². The van der Waals surface area contributed by atoms with E-state index < -0.39 is 24.0 Å². The van der Waals surface area contributed by atoms with Crippen molar-refractivity contribution in [2.24, 2.45) is 0 Å². The molecule has 0 saturated heterocycles. The van der Waals surface area contributed by atoms with Gasteiger partial charge in [-0.05, 0) is 24.5 Å². The van der Waals surface area contributed by atoms with Crippen molar-refractivity contribution in [1.29, 1.82) is 0 Å². The molecule has 0 aliphatic rings. The SMILES string of the molecule is CC[C@@H](C)NC(=O)[C@H](CC(=O)OCc1ccccc1)NC(=O)OCc1ccccc1. The predicted molar refractivity (Wildman–Crippen MR) is 112 cm³/mol. The summed E-state index contributed by atoms with van der Waals surface area (Å²) in [5.41, 5.74) is 1.65. The number of rotatable bonds is 10. The van der Waals surface area contributed by atoms with Crippen LogP contribution in [0.4, 0.5) is 4.79 Å². The van der Waals surface area contributed by atoms with Gasteiger partial charge in [0.2, 0.25) is 5.91 Å². The third-order valence-corrected chi connectivity index (χ3v) is 4.44. The van der Waals surface area contributed by atoms with Crippen LogP contribution in [-0.2, 0) is 32.3 Å². The smallest absolute Gasteiger partial charge is 0.408 e. The monoisotopic (exact) mass is 412 g/mol. The van der Waals surface area contributed by atoms with E-state index in [4.69, 9.17) is 9.47 Å². The number of carbonyl (C=O) groups is 3. The molecule has 0 unspecified atom stereocenters. The van der Waals surface area contributed by atoms with Gasteiger partial charge in [-0.1, -0.05) is 67.6 Å². The van der Waals surface area contributed by atoms with Crippen LogP contribution in [-0.4, -0.2) is 30.1 Å². The minimum atomic E-state index is -1.09. The number of benzene rings is 2. The Hall–Kier alpha value is -3.35. The van der Waals surface area contributed by atoms with Gasteiger partial charge in [0, 0.05) is 6.04 Å². The van der Waals surface area contributed by atoms with Gasteiger partial charge in [-0.25, -0.2) is 4.79 Å². The van der Waals surface area contributed by atoms with Crippen molar-refractivity contribution in [3.05, 3.63) is 71.8 Å². The Balaban J connectivity index is 1.92. The van der Waals surface area contributed by atoms with Gasteiger partial charge in [-0.3, -0.25) is 9.59 Å². The molecular weight excluding hydrogens is 384 g/mol. The fourth-order valence-corrected chi connectivity index (χ4v) is 2.53. The van der Waals surface area contributed by atoms with Gasteiger partial charge in [0.05, 0.1) is 6.42 Å². The molecule has 0 heterocycles. The van der Waals surface area contributed by atoms with E-state index in [1.54, 1.807) is 0 Å². The Labute approximate surface area is 176 Å². The zero-order chi connectivity index (χ0) is 21.8. The number of nitrogens with one attached hydrogen (secondary N) is 2. The third-order valence-electron chi connectivity index (χ3n) is 4.44. The molecule has 2 aromatic carbocycles. The fourth-order valence-electron chi connectivity index (χ4n) is 2.53. The van der Waals surface area contributed by atoms with Crippen molar-refractivity contribution >= 4 is 18.0 Å². The normalized spacial score (nSPS) is 12.3. The first kappa shape index (κ1) is 22.9. The van der Waals surface area contributed by atoms with Crippen LogP contribution in [0.25, 0.3) is 0 Å². The summed E-state index contributed by atoms with van der Waals surface area (Å²) < 4.78 is 10.4. The molecule has 2 amide bonds. The summed E-state index contributed by atoms with van der Waals surface area (Å²) in [6, 6.07) is 17.2. The van der Waals surface area contributed by atoms with Crippen LogP contribution in [0.5, 0.6) is 0 Å². The van der Waals surface area contributed by atoms with Crippen LogP contribution in [0.3, 0.4) is 0 Å². The first-order valence-corrected chi connectivity index (χ1v) is 9.95. The molecule has 7 heteroatoms. The second kappa shape index (κ2) is 12.3. The molecule has 0 spiro atoms. The topological polar surface area (TPSA) is 93.7 Å². The highest BCUT2D eigenvalue weighted by Gasteiger charge is 2.26. The number of carbonyl (C=O) groups excluding carboxylic acids is 3. The van der Waals surface area contributed by atoms with Gasteiger partial charge in [-0.15, -0.1) is 0 Å². The summed E-state index contributed by atoms with van der Waals surface area (Å²) in [5, 5.41) is 5.24. The molecule has 160 valence electrons. The summed E-state index contributed by atoms with van der Waals surface area (Å²) in [5.74, 6) is -1.05. The third kappa shape index (κ3) is 8.34. The summed E-state index contributed by atoms with van der Waals surface area (Å²) in [4.78, 5) is 37.0. The molecule has 0 aromatic heterocycles. The van der Waals surface area contributed by atoms with Crippen LogP contribution in [0.1, 0.15) is 37.8 Å². The number of hydrogen-bond donors (Lipinski definition) is 2. The summed E-state index contributed by atoms with van der Waals surface area (Å²) in [6.45, 7) is 3.93. The lowest BCUT2D eigenvalue weighted by Crippen LogP contribution is -2.50. The first-order chi connectivity index (χ1) is 14.5. The van der Waals surface area contributed by atoms with Gasteiger partial charge in [0.15, 0.2) is 0 Å². The average molecular weight is 412 g/mol. The van der Waals surface area contributed by atoms with E-state index >= 15 is 0 Å². The lowest BCUT2D eigenvalue weighted by Gasteiger charge is -2.20. The number of amides is 2. The minimum absolute atomic E-state index is 0.0603. The standard InChI is InChI=1S/C23H28N2O5/c1-3-17(2)24-22(27)20(14-21(26)29-15-18-10-6-4-7-11-18)25-23(28)30-16-19-12-8-5-9-13-19/h4-13,17,20H,3,14-16H2,1-2H3,(H,24,27)(H,25,28)/t17-,20+/m1/s1. The van der Waals surface area contributed by atoms with E-state index in [-0.39, 0.29) is 25.7 Å². The number of esters is 1. The molecule has 2 rings (SSSR count). The average Bonchev–Trinajstić information content (AvgIpc) is 2.77. The van der Waals surface area contributed by atoms with Crippen LogP contribution in [0, 0.1) is 0 Å². The number of ether oxygens (including phenoxy) is 2. The molecule has 0 aliphatic carbocycles. The number of alkyl carbamates (subject to hydrolysis) is 1. The summed E-state index contributed by atoms with van der Waals surface area (Å²) >= 11 is 0. The van der Waals surface area contributed by atoms with E-state index in [0.717, 1.165) is 17.5 Å². The predicted octanol–water partition coefficient (Wildman–Crippen LogP) is 3.33. The molecule has 0 aliphatic heterocycles. The second-order valence-corrected chi connectivity index (χ2v) is 6.93. The maximum absolute atomic E-state index is 12.5. The van der Waals surface area contributed by atoms with Crippen molar-refractivity contribution in [3.8, 4) is 0 Å².